The summed E-state index contributed by atoms with van der Waals surface area (Å²) in [6.07, 6.45) is -1.06. The van der Waals surface area contributed by atoms with Crippen LogP contribution in [0.4, 0.5) is 4.79 Å². The fourth-order valence-corrected chi connectivity index (χ4v) is 2.29. The van der Waals surface area contributed by atoms with Gasteiger partial charge in [0, 0.05) is 12.0 Å². The molecule has 0 bridgehead atoms. The second-order valence-corrected chi connectivity index (χ2v) is 7.07. The number of hydroxylamine groups is 2. The van der Waals surface area contributed by atoms with E-state index in [2.05, 4.69) is 5.32 Å². The van der Waals surface area contributed by atoms with Crippen LogP contribution in [-0.4, -0.2) is 47.2 Å². The number of aliphatic hydroxyl groups is 1. The number of hydrogen-bond donors (Lipinski definition) is 3. The molecule has 24 heavy (non-hydrogen) atoms. The second kappa shape index (κ2) is 9.61. The van der Waals surface area contributed by atoms with Gasteiger partial charge in [0.25, 0.3) is 0 Å². The number of amides is 1. The number of benzene rings is 1. The highest BCUT2D eigenvalue weighted by atomic mass is 16.6. The van der Waals surface area contributed by atoms with Crippen LogP contribution in [0, 0.1) is 5.41 Å². The molecule has 6 heteroatoms. The molecule has 0 saturated carbocycles. The van der Waals surface area contributed by atoms with Gasteiger partial charge in [-0.2, -0.15) is 5.06 Å². The Bertz CT molecular complexity index is 486. The zero-order valence-corrected chi connectivity index (χ0v) is 15.0. The molecule has 0 spiro atoms. The van der Waals surface area contributed by atoms with Crippen LogP contribution in [0.25, 0.3) is 0 Å². The van der Waals surface area contributed by atoms with Crippen LogP contribution in [0.3, 0.4) is 0 Å². The number of aliphatic hydroxyl groups excluding tert-OH is 1. The molecule has 136 valence electrons. The zero-order chi connectivity index (χ0) is 18.2. The lowest BCUT2D eigenvalue weighted by molar-refractivity contribution is -0.0959. The molecule has 3 N–H and O–H groups in total. The Morgan fingerprint density at radius 2 is 1.92 bits per heavy atom. The Morgan fingerprint density at radius 1 is 1.29 bits per heavy atom. The van der Waals surface area contributed by atoms with Crippen LogP contribution in [0.5, 0.6) is 0 Å². The van der Waals surface area contributed by atoms with Crippen LogP contribution in [0.1, 0.15) is 45.8 Å². The smallest absolute Gasteiger partial charge is 0.434 e. The van der Waals surface area contributed by atoms with E-state index < -0.39 is 18.3 Å². The molecule has 1 aromatic carbocycles. The number of rotatable bonds is 8. The Balaban J connectivity index is 2.53. The molecule has 0 fully saturated rings. The number of hydrogen-bond acceptors (Lipinski definition) is 5. The van der Waals surface area contributed by atoms with E-state index in [0.29, 0.717) is 24.6 Å². The van der Waals surface area contributed by atoms with E-state index in [1.54, 1.807) is 6.92 Å². The quantitative estimate of drug-likeness (QED) is 0.386. The molecule has 0 saturated heterocycles. The lowest BCUT2D eigenvalue weighted by Gasteiger charge is -2.31. The number of nitrogens with zero attached hydrogens (tertiary/aromatic N) is 1. The van der Waals surface area contributed by atoms with Crippen molar-refractivity contribution in [2.75, 3.05) is 19.6 Å². The van der Waals surface area contributed by atoms with E-state index in [4.69, 9.17) is 9.84 Å². The minimum absolute atomic E-state index is 0.164. The maximum atomic E-state index is 12.1. The van der Waals surface area contributed by atoms with Crippen molar-refractivity contribution in [2.24, 2.45) is 5.41 Å². The summed E-state index contributed by atoms with van der Waals surface area (Å²) in [5, 5.41) is 22.6. The molecule has 0 aliphatic heterocycles. The highest BCUT2D eigenvalue weighted by Gasteiger charge is 2.31. The highest BCUT2D eigenvalue weighted by molar-refractivity contribution is 5.66. The average Bonchev–Trinajstić information content (AvgIpc) is 2.51. The van der Waals surface area contributed by atoms with Crippen LogP contribution in [0.15, 0.2) is 30.3 Å². The predicted molar refractivity (Wildman–Crippen MR) is 92.8 cm³/mol. The standard InChI is InChI=1S/C18H30N2O4/c1-14(21)13-19-11-8-12-20(23)17(22)24-16(18(2,3)4)15-9-6-5-7-10-15/h5-7,9-10,14,16,19,21,23H,8,11-13H2,1-4H3. The lowest BCUT2D eigenvalue weighted by atomic mass is 9.84. The monoisotopic (exact) mass is 338 g/mol. The number of ether oxygens (including phenoxy) is 1. The number of nitrogens with one attached hydrogen (secondary N) is 1. The number of carbonyl (C=O) groups is 1. The molecule has 1 aromatic rings. The highest BCUT2D eigenvalue weighted by Crippen LogP contribution is 2.36. The zero-order valence-electron chi connectivity index (χ0n) is 15.0. The fourth-order valence-electron chi connectivity index (χ4n) is 2.29. The SMILES string of the molecule is CC(O)CNCCCN(O)C(=O)OC(c1ccccc1)C(C)(C)C. The Hall–Kier alpha value is -1.63. The van der Waals surface area contributed by atoms with Crippen LogP contribution in [0.2, 0.25) is 0 Å². The molecule has 0 aromatic heterocycles. The van der Waals surface area contributed by atoms with E-state index in [9.17, 15) is 10.0 Å². The summed E-state index contributed by atoms with van der Waals surface area (Å²) < 4.78 is 5.53. The summed E-state index contributed by atoms with van der Waals surface area (Å²) in [7, 11) is 0. The topological polar surface area (TPSA) is 82.0 Å². The molecule has 1 rings (SSSR count). The van der Waals surface area contributed by atoms with E-state index >= 15 is 0 Å². The van der Waals surface area contributed by atoms with Crippen LogP contribution in [-0.2, 0) is 4.74 Å². The van der Waals surface area contributed by atoms with Gasteiger partial charge in [-0.3, -0.25) is 5.21 Å². The summed E-state index contributed by atoms with van der Waals surface area (Å²) in [4.78, 5) is 12.1. The van der Waals surface area contributed by atoms with Crippen molar-refractivity contribution in [3.8, 4) is 0 Å². The van der Waals surface area contributed by atoms with Crippen molar-refractivity contribution in [1.29, 1.82) is 0 Å². The van der Waals surface area contributed by atoms with E-state index in [0.717, 1.165) is 5.56 Å². The van der Waals surface area contributed by atoms with Gasteiger partial charge in [-0.15, -0.1) is 0 Å². The third kappa shape index (κ3) is 7.29. The molecule has 0 heterocycles. The number of carbonyl (C=O) groups excluding carboxylic acids is 1. The van der Waals surface area contributed by atoms with E-state index in [1.165, 1.54) is 0 Å². The first-order chi connectivity index (χ1) is 11.2. The first kappa shape index (κ1) is 20.4. The third-order valence-corrected chi connectivity index (χ3v) is 3.48. The van der Waals surface area contributed by atoms with E-state index in [-0.39, 0.29) is 12.0 Å². The van der Waals surface area contributed by atoms with Crippen molar-refractivity contribution in [3.05, 3.63) is 35.9 Å². The third-order valence-electron chi connectivity index (χ3n) is 3.48. The van der Waals surface area contributed by atoms with Crippen molar-refractivity contribution in [2.45, 2.75) is 46.3 Å². The van der Waals surface area contributed by atoms with Crippen LogP contribution < -0.4 is 5.32 Å². The normalized spacial score (nSPS) is 14.1. The largest absolute Gasteiger partial charge is 0.439 e. The van der Waals surface area contributed by atoms with Gasteiger partial charge in [-0.1, -0.05) is 51.1 Å². The molecule has 0 aliphatic rings. The second-order valence-electron chi connectivity index (χ2n) is 7.07. The van der Waals surface area contributed by atoms with E-state index in [1.807, 2.05) is 51.1 Å². The predicted octanol–water partition coefficient (Wildman–Crippen LogP) is 2.96. The summed E-state index contributed by atoms with van der Waals surface area (Å²) in [5.41, 5.74) is 0.599. The lowest BCUT2D eigenvalue weighted by Crippen LogP contribution is -2.35. The minimum Gasteiger partial charge on any atom is -0.439 e. The van der Waals surface area contributed by atoms with Crippen molar-refractivity contribution < 1.29 is 19.8 Å². The van der Waals surface area contributed by atoms with Gasteiger partial charge in [0.15, 0.2) is 0 Å². The first-order valence-electron chi connectivity index (χ1n) is 8.32. The molecular weight excluding hydrogens is 308 g/mol. The Kier molecular flexibility index (Phi) is 8.18. The minimum atomic E-state index is -0.755. The van der Waals surface area contributed by atoms with Gasteiger partial charge in [-0.05, 0) is 25.5 Å². The molecule has 1 amide bonds. The summed E-state index contributed by atoms with van der Waals surface area (Å²) >= 11 is 0. The fraction of sp³-hybridized carbons (Fsp3) is 0.611. The molecule has 6 nitrogen and oxygen atoms in total. The molecule has 2 unspecified atom stereocenters. The maximum absolute atomic E-state index is 12.1. The van der Waals surface area contributed by atoms with Gasteiger partial charge in [-0.25, -0.2) is 4.79 Å². The van der Waals surface area contributed by atoms with Gasteiger partial charge in [0.05, 0.1) is 12.6 Å². The van der Waals surface area contributed by atoms with Crippen molar-refractivity contribution in [1.82, 2.24) is 10.4 Å². The van der Waals surface area contributed by atoms with Gasteiger partial charge in [0.1, 0.15) is 6.10 Å². The Morgan fingerprint density at radius 3 is 2.46 bits per heavy atom. The summed E-state index contributed by atoms with van der Waals surface area (Å²) in [6.45, 7) is 8.89. The van der Waals surface area contributed by atoms with Crippen LogP contribution >= 0.6 is 0 Å². The van der Waals surface area contributed by atoms with Crippen molar-refractivity contribution in [3.63, 3.8) is 0 Å². The van der Waals surface area contributed by atoms with Gasteiger partial charge < -0.3 is 15.2 Å². The average molecular weight is 338 g/mol. The molecule has 2 atom stereocenters. The summed E-state index contributed by atoms with van der Waals surface area (Å²) in [6, 6.07) is 9.51. The first-order valence-corrected chi connectivity index (χ1v) is 8.32. The molecular formula is C18H30N2O4. The summed E-state index contributed by atoms with van der Waals surface area (Å²) in [5.74, 6) is 0. The maximum Gasteiger partial charge on any atom is 0.434 e. The molecule has 0 radical (unpaired) electrons. The van der Waals surface area contributed by atoms with Crippen molar-refractivity contribution >= 4 is 6.09 Å². The van der Waals surface area contributed by atoms with Gasteiger partial charge >= 0.3 is 6.09 Å². The van der Waals surface area contributed by atoms with Gasteiger partial charge in [0.2, 0.25) is 0 Å². The molecule has 0 aliphatic carbocycles. The Labute approximate surface area is 144 Å².